The molecule has 0 aliphatic carbocycles. The lowest BCUT2D eigenvalue weighted by molar-refractivity contribution is -0.113. The van der Waals surface area contributed by atoms with Gasteiger partial charge < -0.3 is 9.73 Å². The average molecular weight is 444 g/mol. The maximum absolute atomic E-state index is 13.9. The second-order valence-corrected chi connectivity index (χ2v) is 7.72. The van der Waals surface area contributed by atoms with E-state index < -0.39 is 11.7 Å². The zero-order valence-electron chi connectivity index (χ0n) is 15.5. The molecular formula is C21H15ClFN3O3S. The van der Waals surface area contributed by atoms with Gasteiger partial charge in [-0.1, -0.05) is 35.5 Å². The predicted octanol–water partition coefficient (Wildman–Crippen LogP) is 4.56. The molecule has 0 bridgehead atoms. The van der Waals surface area contributed by atoms with Gasteiger partial charge in [0.25, 0.3) is 5.56 Å². The van der Waals surface area contributed by atoms with Gasteiger partial charge in [-0.3, -0.25) is 14.2 Å². The molecule has 2 heterocycles. The van der Waals surface area contributed by atoms with Gasteiger partial charge in [0.1, 0.15) is 11.6 Å². The van der Waals surface area contributed by atoms with Crippen LogP contribution in [-0.4, -0.2) is 21.2 Å². The van der Waals surface area contributed by atoms with Crippen LogP contribution in [0.3, 0.4) is 0 Å². The molecule has 0 fully saturated rings. The summed E-state index contributed by atoms with van der Waals surface area (Å²) in [5, 5.41) is 3.57. The van der Waals surface area contributed by atoms with Gasteiger partial charge in [0.2, 0.25) is 5.91 Å². The molecule has 0 saturated carbocycles. The molecule has 2 aromatic heterocycles. The van der Waals surface area contributed by atoms with Crippen molar-refractivity contribution in [2.75, 3.05) is 11.1 Å². The van der Waals surface area contributed by atoms with Crippen molar-refractivity contribution in [3.05, 3.63) is 87.8 Å². The van der Waals surface area contributed by atoms with E-state index in [1.54, 1.807) is 36.4 Å². The van der Waals surface area contributed by atoms with Crippen LogP contribution < -0.4 is 10.9 Å². The summed E-state index contributed by atoms with van der Waals surface area (Å²) >= 11 is 6.81. The van der Waals surface area contributed by atoms with Crippen LogP contribution in [0.1, 0.15) is 5.76 Å². The summed E-state index contributed by atoms with van der Waals surface area (Å²) in [7, 11) is 0. The van der Waals surface area contributed by atoms with E-state index >= 15 is 0 Å². The summed E-state index contributed by atoms with van der Waals surface area (Å²) in [4.78, 5) is 29.9. The zero-order chi connectivity index (χ0) is 21.1. The van der Waals surface area contributed by atoms with Gasteiger partial charge in [0.15, 0.2) is 5.16 Å². The van der Waals surface area contributed by atoms with E-state index in [-0.39, 0.29) is 28.6 Å². The van der Waals surface area contributed by atoms with E-state index in [2.05, 4.69) is 10.3 Å². The zero-order valence-corrected chi connectivity index (χ0v) is 17.0. The lowest BCUT2D eigenvalue weighted by Crippen LogP contribution is -2.24. The van der Waals surface area contributed by atoms with Crippen molar-refractivity contribution < 1.29 is 13.6 Å². The fourth-order valence-electron chi connectivity index (χ4n) is 2.86. The fraction of sp³-hybridized carbons (Fsp3) is 0.0952. The predicted molar refractivity (Wildman–Crippen MR) is 115 cm³/mol. The molecule has 4 rings (SSSR count). The van der Waals surface area contributed by atoms with Crippen molar-refractivity contribution in [2.24, 2.45) is 0 Å². The van der Waals surface area contributed by atoms with Crippen LogP contribution in [-0.2, 0) is 11.3 Å². The van der Waals surface area contributed by atoms with E-state index in [4.69, 9.17) is 16.0 Å². The minimum atomic E-state index is -0.626. The normalized spacial score (nSPS) is 11.0. The first kappa shape index (κ1) is 20.2. The second kappa shape index (κ2) is 8.73. The number of amides is 1. The molecule has 1 N–H and O–H groups in total. The Labute approximate surface area is 179 Å². The van der Waals surface area contributed by atoms with E-state index in [9.17, 15) is 14.0 Å². The second-order valence-electron chi connectivity index (χ2n) is 6.34. The smallest absolute Gasteiger partial charge is 0.262 e. The van der Waals surface area contributed by atoms with Gasteiger partial charge >= 0.3 is 0 Å². The molecule has 1 amide bonds. The summed E-state index contributed by atoms with van der Waals surface area (Å²) in [6.07, 6.45) is 1.52. The van der Waals surface area contributed by atoms with Crippen LogP contribution in [0.5, 0.6) is 0 Å². The number of fused-ring (bicyclic) bond motifs is 1. The molecule has 0 radical (unpaired) electrons. The highest BCUT2D eigenvalue weighted by Crippen LogP contribution is 2.22. The van der Waals surface area contributed by atoms with Gasteiger partial charge in [-0.15, -0.1) is 0 Å². The van der Waals surface area contributed by atoms with E-state index in [0.717, 1.165) is 17.8 Å². The molecule has 0 aliphatic heterocycles. The quantitative estimate of drug-likeness (QED) is 0.349. The Hall–Kier alpha value is -3.10. The third-order valence-corrected chi connectivity index (χ3v) is 5.47. The number of thioether (sulfide) groups is 1. The standard InChI is InChI=1S/C21H15ClFN3O3S/c22-13-7-8-18(16(23)10-13)24-19(27)12-30-21-25-17-6-2-1-5-15(17)20(28)26(21)11-14-4-3-9-29-14/h1-10H,11-12H2,(H,24,27). The number of hydrogen-bond donors (Lipinski definition) is 1. The molecule has 0 atom stereocenters. The Morgan fingerprint density at radius 1 is 1.20 bits per heavy atom. The molecule has 152 valence electrons. The molecule has 30 heavy (non-hydrogen) atoms. The first-order valence-electron chi connectivity index (χ1n) is 8.91. The monoisotopic (exact) mass is 443 g/mol. The van der Waals surface area contributed by atoms with Crippen LogP contribution >= 0.6 is 23.4 Å². The first-order valence-corrected chi connectivity index (χ1v) is 10.3. The van der Waals surface area contributed by atoms with Crippen molar-refractivity contribution in [2.45, 2.75) is 11.7 Å². The van der Waals surface area contributed by atoms with Crippen LogP contribution in [0, 0.1) is 5.82 Å². The van der Waals surface area contributed by atoms with Crippen LogP contribution in [0.25, 0.3) is 10.9 Å². The summed E-state index contributed by atoms with van der Waals surface area (Å²) in [5.41, 5.74) is 0.331. The summed E-state index contributed by atoms with van der Waals surface area (Å²) < 4.78 is 20.7. The van der Waals surface area contributed by atoms with Crippen molar-refractivity contribution in [1.29, 1.82) is 0 Å². The van der Waals surface area contributed by atoms with Crippen LogP contribution in [0.15, 0.2) is 75.2 Å². The number of nitrogens with one attached hydrogen (secondary N) is 1. The van der Waals surface area contributed by atoms with Gasteiger partial charge in [-0.25, -0.2) is 9.37 Å². The largest absolute Gasteiger partial charge is 0.467 e. The molecule has 6 nitrogen and oxygen atoms in total. The number of para-hydroxylation sites is 1. The molecule has 0 unspecified atom stereocenters. The molecule has 9 heteroatoms. The molecule has 4 aromatic rings. The lowest BCUT2D eigenvalue weighted by atomic mass is 10.2. The number of furan rings is 1. The summed E-state index contributed by atoms with van der Waals surface area (Å²) in [6.45, 7) is 0.180. The third kappa shape index (κ3) is 4.39. The Morgan fingerprint density at radius 3 is 2.80 bits per heavy atom. The highest BCUT2D eigenvalue weighted by atomic mass is 35.5. The number of anilines is 1. The number of rotatable bonds is 6. The molecule has 0 saturated heterocycles. The molecule has 2 aromatic carbocycles. The maximum atomic E-state index is 13.9. The van der Waals surface area contributed by atoms with Crippen molar-refractivity contribution in [3.63, 3.8) is 0 Å². The minimum absolute atomic E-state index is 0.0319. The number of benzene rings is 2. The number of carbonyl (C=O) groups is 1. The van der Waals surface area contributed by atoms with Gasteiger partial charge in [0.05, 0.1) is 35.2 Å². The maximum Gasteiger partial charge on any atom is 0.262 e. The van der Waals surface area contributed by atoms with Gasteiger partial charge in [-0.2, -0.15) is 0 Å². The number of halogens is 2. The molecular weight excluding hydrogens is 429 g/mol. The third-order valence-electron chi connectivity index (χ3n) is 4.26. The van der Waals surface area contributed by atoms with E-state index in [0.29, 0.717) is 21.8 Å². The molecule has 0 spiro atoms. The number of hydrogen-bond acceptors (Lipinski definition) is 5. The summed E-state index contributed by atoms with van der Waals surface area (Å²) in [6, 6.07) is 14.5. The highest BCUT2D eigenvalue weighted by Gasteiger charge is 2.15. The number of aromatic nitrogens is 2. The Kier molecular flexibility index (Phi) is 5.87. The Bertz CT molecular complexity index is 1270. The Morgan fingerprint density at radius 2 is 2.03 bits per heavy atom. The van der Waals surface area contributed by atoms with E-state index in [1.165, 1.54) is 23.0 Å². The van der Waals surface area contributed by atoms with Crippen molar-refractivity contribution in [3.8, 4) is 0 Å². The number of carbonyl (C=O) groups excluding carboxylic acids is 1. The highest BCUT2D eigenvalue weighted by molar-refractivity contribution is 7.99. The topological polar surface area (TPSA) is 77.1 Å². The van der Waals surface area contributed by atoms with Gasteiger partial charge in [-0.05, 0) is 42.5 Å². The van der Waals surface area contributed by atoms with Crippen molar-refractivity contribution in [1.82, 2.24) is 9.55 Å². The average Bonchev–Trinajstić information content (AvgIpc) is 3.24. The SMILES string of the molecule is O=C(CSc1nc2ccccc2c(=O)n1Cc1ccco1)Nc1ccc(Cl)cc1F. The van der Waals surface area contributed by atoms with Crippen LogP contribution in [0.2, 0.25) is 5.02 Å². The van der Waals surface area contributed by atoms with Crippen molar-refractivity contribution >= 4 is 45.9 Å². The molecule has 0 aliphatic rings. The lowest BCUT2D eigenvalue weighted by Gasteiger charge is -2.12. The Balaban J connectivity index is 1.59. The fourth-order valence-corrected chi connectivity index (χ4v) is 3.82. The summed E-state index contributed by atoms with van der Waals surface area (Å²) in [5.74, 6) is -0.540. The minimum Gasteiger partial charge on any atom is -0.467 e. The first-order chi connectivity index (χ1) is 14.5. The van der Waals surface area contributed by atoms with Crippen LogP contribution in [0.4, 0.5) is 10.1 Å². The number of nitrogens with zero attached hydrogens (tertiary/aromatic N) is 2. The van der Waals surface area contributed by atoms with Gasteiger partial charge in [0, 0.05) is 5.02 Å². The van der Waals surface area contributed by atoms with E-state index in [1.807, 2.05) is 0 Å².